The van der Waals surface area contributed by atoms with Crippen LogP contribution in [0, 0.1) is 12.8 Å². The van der Waals surface area contributed by atoms with Gasteiger partial charge in [0.25, 0.3) is 17.7 Å². The minimum absolute atomic E-state index is 0.0479. The molecule has 8 nitrogen and oxygen atoms in total. The van der Waals surface area contributed by atoms with Gasteiger partial charge in [-0.05, 0) is 74.8 Å². The molecular formula is C30H43N5O3. The van der Waals surface area contributed by atoms with Crippen molar-refractivity contribution in [2.24, 2.45) is 16.6 Å². The minimum atomic E-state index is -0.838. The Kier molecular flexibility index (Phi) is 9.52. The molecule has 1 heterocycles. The molecule has 0 fully saturated rings. The second kappa shape index (κ2) is 12.4. The quantitative estimate of drug-likeness (QED) is 0.455. The molecule has 1 aliphatic heterocycles. The lowest BCUT2D eigenvalue weighted by molar-refractivity contribution is -0.130. The average Bonchev–Trinajstić information content (AvgIpc) is 3.05. The number of carbonyl (C=O) groups is 3. The van der Waals surface area contributed by atoms with E-state index in [1.807, 2.05) is 43.0 Å². The summed E-state index contributed by atoms with van der Waals surface area (Å²) in [5.41, 5.74) is 8.04. The van der Waals surface area contributed by atoms with Gasteiger partial charge in [0.2, 0.25) is 0 Å². The van der Waals surface area contributed by atoms with Crippen molar-refractivity contribution in [3.05, 3.63) is 58.7 Å². The summed E-state index contributed by atoms with van der Waals surface area (Å²) in [6.45, 7) is 13.6. The zero-order chi connectivity index (χ0) is 28.0. The van der Waals surface area contributed by atoms with Crippen LogP contribution in [0.3, 0.4) is 0 Å². The summed E-state index contributed by atoms with van der Waals surface area (Å²) in [7, 11) is 0. The van der Waals surface area contributed by atoms with Crippen molar-refractivity contribution < 1.29 is 14.4 Å². The zero-order valence-electron chi connectivity index (χ0n) is 23.7. The molecule has 0 aromatic heterocycles. The number of guanidine groups is 1. The molecule has 38 heavy (non-hydrogen) atoms. The average molecular weight is 522 g/mol. The van der Waals surface area contributed by atoms with Crippen LogP contribution >= 0.6 is 0 Å². The first-order chi connectivity index (χ1) is 18.0. The van der Waals surface area contributed by atoms with Crippen LogP contribution in [0.1, 0.15) is 86.6 Å². The number of aryl methyl sites for hydroxylation is 1. The molecule has 0 saturated carbocycles. The number of hydrogen-bond donors (Lipinski definition) is 2. The number of nitrogens with one attached hydrogen (secondary N) is 1. The Morgan fingerprint density at radius 1 is 1.18 bits per heavy atom. The van der Waals surface area contributed by atoms with E-state index in [1.165, 1.54) is 4.90 Å². The Morgan fingerprint density at radius 3 is 2.47 bits per heavy atom. The van der Waals surface area contributed by atoms with Gasteiger partial charge in [0.05, 0.1) is 12.6 Å². The predicted octanol–water partition coefficient (Wildman–Crippen LogP) is 4.20. The summed E-state index contributed by atoms with van der Waals surface area (Å²) in [4.78, 5) is 47.3. The summed E-state index contributed by atoms with van der Waals surface area (Å²) in [5.74, 6) is 0.164. The van der Waals surface area contributed by atoms with Crippen molar-refractivity contribution in [3.8, 4) is 0 Å². The van der Waals surface area contributed by atoms with E-state index in [4.69, 9.17) is 5.73 Å². The predicted molar refractivity (Wildman–Crippen MR) is 152 cm³/mol. The van der Waals surface area contributed by atoms with E-state index in [9.17, 15) is 14.4 Å². The highest BCUT2D eigenvalue weighted by molar-refractivity contribution is 6.06. The highest BCUT2D eigenvalue weighted by Gasteiger charge is 2.44. The standard InChI is InChI=1S/C30H43N5O3/c1-7-12-34(13-8-2)27(37)24-15-21(5)14-23(17-24)26(36)32-25-11-9-10-22(16-25)19-35-28(38)30(6,18-20(3)4)33-29(35)31/h9-10,14-17,20,25H,7-8,11-13,18-19H2,1-6H3,(H2,31,33)(H,32,36). The van der Waals surface area contributed by atoms with E-state index < -0.39 is 5.54 Å². The molecule has 8 heteroatoms. The van der Waals surface area contributed by atoms with Gasteiger partial charge in [0.1, 0.15) is 5.54 Å². The highest BCUT2D eigenvalue weighted by atomic mass is 16.2. The van der Waals surface area contributed by atoms with Crippen molar-refractivity contribution in [1.82, 2.24) is 15.1 Å². The smallest absolute Gasteiger partial charge is 0.257 e. The maximum absolute atomic E-state index is 13.2. The van der Waals surface area contributed by atoms with Gasteiger partial charge in [-0.25, -0.2) is 4.99 Å². The molecule has 0 bridgehead atoms. The molecule has 1 aromatic rings. The van der Waals surface area contributed by atoms with Gasteiger partial charge in [-0.2, -0.15) is 0 Å². The third-order valence-corrected chi connectivity index (χ3v) is 6.80. The van der Waals surface area contributed by atoms with E-state index in [-0.39, 0.29) is 29.7 Å². The third kappa shape index (κ3) is 6.91. The fraction of sp³-hybridized carbons (Fsp3) is 0.533. The molecule has 2 aliphatic rings. The molecule has 0 spiro atoms. The second-order valence-electron chi connectivity index (χ2n) is 11.1. The lowest BCUT2D eigenvalue weighted by atomic mass is 9.91. The van der Waals surface area contributed by atoms with Crippen LogP contribution in [0.5, 0.6) is 0 Å². The maximum Gasteiger partial charge on any atom is 0.257 e. The van der Waals surface area contributed by atoms with Crippen LogP contribution in [0.2, 0.25) is 0 Å². The Bertz CT molecular complexity index is 1150. The lowest BCUT2D eigenvalue weighted by Gasteiger charge is -2.25. The molecule has 2 unspecified atom stereocenters. The first-order valence-corrected chi connectivity index (χ1v) is 13.7. The van der Waals surface area contributed by atoms with Gasteiger partial charge in [0.15, 0.2) is 5.96 Å². The summed E-state index contributed by atoms with van der Waals surface area (Å²) in [6.07, 6.45) is 8.93. The normalized spacial score (nSPS) is 21.0. The van der Waals surface area contributed by atoms with Gasteiger partial charge in [-0.3, -0.25) is 19.3 Å². The highest BCUT2D eigenvalue weighted by Crippen LogP contribution is 2.29. The third-order valence-electron chi connectivity index (χ3n) is 6.80. The molecule has 2 atom stereocenters. The van der Waals surface area contributed by atoms with Crippen molar-refractivity contribution in [1.29, 1.82) is 0 Å². The van der Waals surface area contributed by atoms with Crippen molar-refractivity contribution in [2.75, 3.05) is 19.6 Å². The Morgan fingerprint density at radius 2 is 1.84 bits per heavy atom. The monoisotopic (exact) mass is 521 g/mol. The summed E-state index contributed by atoms with van der Waals surface area (Å²) in [6, 6.07) is 5.08. The van der Waals surface area contributed by atoms with E-state index in [1.54, 1.807) is 12.1 Å². The topological polar surface area (TPSA) is 108 Å². The number of nitrogens with two attached hydrogens (primary N) is 1. The number of hydrogen-bond acceptors (Lipinski definition) is 5. The van der Waals surface area contributed by atoms with Crippen LogP contribution in [0.15, 0.2) is 47.0 Å². The minimum Gasteiger partial charge on any atom is -0.369 e. The zero-order valence-corrected chi connectivity index (χ0v) is 23.7. The number of rotatable bonds is 11. The van der Waals surface area contributed by atoms with E-state index in [0.29, 0.717) is 49.5 Å². The van der Waals surface area contributed by atoms with Crippen LogP contribution in [0.25, 0.3) is 0 Å². The first-order valence-electron chi connectivity index (χ1n) is 13.7. The van der Waals surface area contributed by atoms with Crippen molar-refractivity contribution in [3.63, 3.8) is 0 Å². The Balaban J connectivity index is 1.71. The van der Waals surface area contributed by atoms with E-state index in [2.05, 4.69) is 38.0 Å². The number of amides is 3. The second-order valence-corrected chi connectivity index (χ2v) is 11.1. The molecule has 1 aliphatic carbocycles. The number of benzene rings is 1. The van der Waals surface area contributed by atoms with Crippen LogP contribution in [-0.2, 0) is 4.79 Å². The largest absolute Gasteiger partial charge is 0.369 e. The SMILES string of the molecule is CCCN(CCC)C(=O)c1cc(C)cc(C(=O)NC2C=C(CN3C(=O)C(C)(CC(C)C)N=C3N)C=CC2)c1. The number of carbonyl (C=O) groups excluding carboxylic acids is 3. The molecule has 3 N–H and O–H groups in total. The Labute approximate surface area is 227 Å². The van der Waals surface area contributed by atoms with E-state index >= 15 is 0 Å². The van der Waals surface area contributed by atoms with Crippen molar-refractivity contribution in [2.45, 2.75) is 78.8 Å². The molecule has 3 rings (SSSR count). The maximum atomic E-state index is 13.2. The fourth-order valence-electron chi connectivity index (χ4n) is 5.30. The first kappa shape index (κ1) is 29.1. The summed E-state index contributed by atoms with van der Waals surface area (Å²) >= 11 is 0. The number of aliphatic imine (C=N–C) groups is 1. The molecule has 1 aromatic carbocycles. The fourth-order valence-corrected chi connectivity index (χ4v) is 5.30. The van der Waals surface area contributed by atoms with Crippen LogP contribution in [-0.4, -0.2) is 64.7 Å². The van der Waals surface area contributed by atoms with Crippen molar-refractivity contribution >= 4 is 23.7 Å². The number of nitrogens with zero attached hydrogens (tertiary/aromatic N) is 3. The van der Waals surface area contributed by atoms with Crippen LogP contribution < -0.4 is 11.1 Å². The summed E-state index contributed by atoms with van der Waals surface area (Å²) < 4.78 is 0. The Hall–Kier alpha value is -3.42. The molecule has 0 saturated heterocycles. The van der Waals surface area contributed by atoms with Gasteiger partial charge in [0, 0.05) is 24.2 Å². The summed E-state index contributed by atoms with van der Waals surface area (Å²) in [5, 5.41) is 3.07. The molecule has 0 radical (unpaired) electrons. The molecule has 206 valence electrons. The molecular weight excluding hydrogens is 478 g/mol. The lowest BCUT2D eigenvalue weighted by Crippen LogP contribution is -2.44. The van der Waals surface area contributed by atoms with E-state index in [0.717, 1.165) is 24.0 Å². The van der Waals surface area contributed by atoms with Gasteiger partial charge >= 0.3 is 0 Å². The van der Waals surface area contributed by atoms with Gasteiger partial charge < -0.3 is 16.0 Å². The van der Waals surface area contributed by atoms with Gasteiger partial charge in [-0.15, -0.1) is 0 Å². The van der Waals surface area contributed by atoms with Crippen LogP contribution in [0.4, 0.5) is 0 Å². The molecule has 3 amide bonds. The van der Waals surface area contributed by atoms with Gasteiger partial charge in [-0.1, -0.05) is 45.9 Å².